The van der Waals surface area contributed by atoms with E-state index in [-0.39, 0.29) is 18.1 Å². The Morgan fingerprint density at radius 3 is 2.73 bits per heavy atom. The summed E-state index contributed by atoms with van der Waals surface area (Å²) in [6, 6.07) is 0. The Morgan fingerprint density at radius 1 is 1.35 bits per heavy atom. The predicted octanol–water partition coefficient (Wildman–Crippen LogP) is -1.10. The third-order valence-corrected chi connectivity index (χ3v) is 4.55. The van der Waals surface area contributed by atoms with Crippen LogP contribution < -0.4 is 0 Å². The lowest BCUT2D eigenvalue weighted by Crippen LogP contribution is -2.52. The van der Waals surface area contributed by atoms with Crippen LogP contribution in [0.15, 0.2) is 12.5 Å². The van der Waals surface area contributed by atoms with Crippen LogP contribution in [-0.2, 0) is 11.8 Å². The minimum absolute atomic E-state index is 0.116. The second kappa shape index (κ2) is 9.98. The monoisotopic (exact) mass is 371 g/mol. The highest BCUT2D eigenvalue weighted by atomic mass is 16.5. The molecule has 148 valence electrons. The summed E-state index contributed by atoms with van der Waals surface area (Å²) < 4.78 is 7.16. The maximum absolute atomic E-state index is 12.7. The van der Waals surface area contributed by atoms with Crippen molar-refractivity contribution < 1.29 is 30.0 Å². The molecule has 1 aromatic heterocycles. The molecule has 9 heteroatoms. The molecule has 4 N–H and O–H groups in total. The zero-order chi connectivity index (χ0) is 19.1. The number of aromatic nitrogens is 2. The van der Waals surface area contributed by atoms with Gasteiger partial charge in [0.05, 0.1) is 12.9 Å². The van der Waals surface area contributed by atoms with Gasteiger partial charge in [-0.2, -0.15) is 0 Å². The van der Waals surface area contributed by atoms with Crippen LogP contribution in [0.5, 0.6) is 0 Å². The van der Waals surface area contributed by atoms with Crippen molar-refractivity contribution in [3.63, 3.8) is 0 Å². The molecule has 1 saturated heterocycles. The molecule has 1 amide bonds. The second-order valence-corrected chi connectivity index (χ2v) is 6.73. The molecule has 0 radical (unpaired) electrons. The van der Waals surface area contributed by atoms with Crippen molar-refractivity contribution in [1.29, 1.82) is 0 Å². The van der Waals surface area contributed by atoms with E-state index in [0.717, 1.165) is 25.7 Å². The lowest BCUT2D eigenvalue weighted by atomic mass is 10.0. The topological polar surface area (TPSA) is 128 Å². The van der Waals surface area contributed by atoms with Crippen LogP contribution in [0.25, 0.3) is 0 Å². The van der Waals surface area contributed by atoms with Gasteiger partial charge >= 0.3 is 0 Å². The third-order valence-electron chi connectivity index (χ3n) is 4.55. The van der Waals surface area contributed by atoms with Gasteiger partial charge in [0.2, 0.25) is 0 Å². The molecule has 4 atom stereocenters. The summed E-state index contributed by atoms with van der Waals surface area (Å²) in [6.07, 6.45) is 1.19. The van der Waals surface area contributed by atoms with Crippen LogP contribution in [0, 0.1) is 0 Å². The van der Waals surface area contributed by atoms with Crippen molar-refractivity contribution in [2.45, 2.75) is 50.1 Å². The van der Waals surface area contributed by atoms with Crippen molar-refractivity contribution in [3.05, 3.63) is 18.2 Å². The van der Waals surface area contributed by atoms with E-state index in [2.05, 4.69) is 4.98 Å². The standard InChI is InChI=1S/C17H29N3O6/c1-19-8-12(18-11-19)17(25)20-6-4-2-3-5-7-26-16(14(23)10-21)15(24)13(22)9-20/h8,11,13-16,21-24H,2-7,9-10H2,1H3/t13-,14+,15+,16+/m0/s1. The Balaban J connectivity index is 2.15. The number of hydrogen-bond acceptors (Lipinski definition) is 7. The lowest BCUT2D eigenvalue weighted by Gasteiger charge is -2.33. The molecule has 2 heterocycles. The average Bonchev–Trinajstić information content (AvgIpc) is 3.06. The molecule has 0 bridgehead atoms. The van der Waals surface area contributed by atoms with Gasteiger partial charge in [0, 0.05) is 32.9 Å². The molecular formula is C17H29N3O6. The minimum Gasteiger partial charge on any atom is -0.394 e. The van der Waals surface area contributed by atoms with Gasteiger partial charge in [0.25, 0.3) is 5.91 Å². The largest absolute Gasteiger partial charge is 0.394 e. The van der Waals surface area contributed by atoms with Crippen LogP contribution in [0.4, 0.5) is 0 Å². The van der Waals surface area contributed by atoms with Crippen LogP contribution in [0.2, 0.25) is 0 Å². The number of imidazole rings is 1. The molecule has 0 unspecified atom stereocenters. The van der Waals surface area contributed by atoms with Crippen molar-refractivity contribution in [3.8, 4) is 0 Å². The number of aliphatic hydroxyl groups excluding tert-OH is 4. The summed E-state index contributed by atoms with van der Waals surface area (Å²) in [5, 5.41) is 39.9. The molecule has 2 rings (SSSR count). The number of ether oxygens (including phenoxy) is 1. The van der Waals surface area contributed by atoms with Gasteiger partial charge in [-0.3, -0.25) is 4.79 Å². The van der Waals surface area contributed by atoms with E-state index in [9.17, 15) is 25.2 Å². The van der Waals surface area contributed by atoms with Gasteiger partial charge in [-0.05, 0) is 12.8 Å². The fraction of sp³-hybridized carbons (Fsp3) is 0.765. The maximum Gasteiger partial charge on any atom is 0.274 e. The molecule has 0 aliphatic carbocycles. The zero-order valence-electron chi connectivity index (χ0n) is 15.1. The maximum atomic E-state index is 12.7. The molecule has 1 aromatic rings. The summed E-state index contributed by atoms with van der Waals surface area (Å²) in [6.45, 7) is 0.0506. The van der Waals surface area contributed by atoms with Crippen LogP contribution in [0.1, 0.15) is 36.2 Å². The molecule has 0 aromatic carbocycles. The van der Waals surface area contributed by atoms with Gasteiger partial charge in [0.1, 0.15) is 30.1 Å². The van der Waals surface area contributed by atoms with E-state index in [1.165, 1.54) is 11.2 Å². The number of aliphatic hydroxyl groups is 4. The average molecular weight is 371 g/mol. The predicted molar refractivity (Wildman–Crippen MR) is 92.4 cm³/mol. The number of hydrogen-bond donors (Lipinski definition) is 4. The molecular weight excluding hydrogens is 342 g/mol. The zero-order valence-corrected chi connectivity index (χ0v) is 15.1. The first-order chi connectivity index (χ1) is 12.4. The van der Waals surface area contributed by atoms with Crippen molar-refractivity contribution in [2.24, 2.45) is 7.05 Å². The van der Waals surface area contributed by atoms with Crippen molar-refractivity contribution in [2.75, 3.05) is 26.3 Å². The highest BCUT2D eigenvalue weighted by molar-refractivity contribution is 5.92. The smallest absolute Gasteiger partial charge is 0.274 e. The number of nitrogens with zero attached hydrogens (tertiary/aromatic N) is 3. The second-order valence-electron chi connectivity index (χ2n) is 6.73. The number of carbonyl (C=O) groups excluding carboxylic acids is 1. The molecule has 1 aliphatic heterocycles. The fourth-order valence-electron chi connectivity index (χ4n) is 3.03. The van der Waals surface area contributed by atoms with E-state index in [4.69, 9.17) is 4.74 Å². The van der Waals surface area contributed by atoms with E-state index in [1.807, 2.05) is 0 Å². The van der Waals surface area contributed by atoms with Crippen LogP contribution in [0.3, 0.4) is 0 Å². The van der Waals surface area contributed by atoms with Crippen LogP contribution in [-0.4, -0.2) is 91.5 Å². The highest BCUT2D eigenvalue weighted by Crippen LogP contribution is 2.15. The van der Waals surface area contributed by atoms with E-state index >= 15 is 0 Å². The number of aryl methyl sites for hydroxylation is 1. The fourth-order valence-corrected chi connectivity index (χ4v) is 3.03. The highest BCUT2D eigenvalue weighted by Gasteiger charge is 2.34. The van der Waals surface area contributed by atoms with Crippen molar-refractivity contribution >= 4 is 5.91 Å². The lowest BCUT2D eigenvalue weighted by molar-refractivity contribution is -0.145. The number of rotatable bonds is 3. The van der Waals surface area contributed by atoms with E-state index < -0.39 is 31.0 Å². The number of amides is 1. The molecule has 0 spiro atoms. The summed E-state index contributed by atoms with van der Waals surface area (Å²) in [5.41, 5.74) is 0.268. The minimum atomic E-state index is -1.43. The summed E-state index contributed by atoms with van der Waals surface area (Å²) in [5.74, 6) is -0.325. The quantitative estimate of drug-likeness (QED) is 0.531. The molecule has 26 heavy (non-hydrogen) atoms. The van der Waals surface area contributed by atoms with Gasteiger partial charge in [-0.15, -0.1) is 0 Å². The first-order valence-corrected chi connectivity index (χ1v) is 8.98. The summed E-state index contributed by atoms with van der Waals surface area (Å²) in [7, 11) is 1.76. The first kappa shape index (κ1) is 20.8. The Kier molecular flexibility index (Phi) is 7.98. The van der Waals surface area contributed by atoms with Gasteiger partial charge in [-0.1, -0.05) is 12.8 Å². The molecule has 1 aliphatic rings. The van der Waals surface area contributed by atoms with Gasteiger partial charge < -0.3 is 34.6 Å². The third kappa shape index (κ3) is 5.49. The number of carbonyl (C=O) groups is 1. The molecule has 1 fully saturated rings. The molecule has 9 nitrogen and oxygen atoms in total. The molecule has 0 saturated carbocycles. The Morgan fingerprint density at radius 2 is 2.08 bits per heavy atom. The van der Waals surface area contributed by atoms with E-state index in [0.29, 0.717) is 13.2 Å². The Hall–Kier alpha value is -1.52. The first-order valence-electron chi connectivity index (χ1n) is 8.98. The summed E-state index contributed by atoms with van der Waals surface area (Å²) in [4.78, 5) is 18.2. The van der Waals surface area contributed by atoms with Gasteiger partial charge in [0.15, 0.2) is 0 Å². The van der Waals surface area contributed by atoms with Crippen molar-refractivity contribution in [1.82, 2.24) is 14.5 Å². The number of β-amino-alcohol motifs (C(OH)–C–C–N with tert-alkyl or cyclic N) is 1. The normalized spacial score (nSPS) is 27.4. The van der Waals surface area contributed by atoms with Gasteiger partial charge in [-0.25, -0.2) is 4.98 Å². The Bertz CT molecular complexity index is 566. The summed E-state index contributed by atoms with van der Waals surface area (Å²) >= 11 is 0. The van der Waals surface area contributed by atoms with Crippen LogP contribution >= 0.6 is 0 Å². The van der Waals surface area contributed by atoms with E-state index in [1.54, 1.807) is 17.8 Å². The SMILES string of the molecule is Cn1cnc(C(=O)N2CCCCCCO[C@H]([C@H](O)CO)[C@H](O)[C@@H](O)C2)c1. The Labute approximate surface area is 152 Å².